The molecular formula is C31H38O17. The van der Waals surface area contributed by atoms with Crippen LogP contribution in [-0.2, 0) is 44.4 Å². The topological polar surface area (TPSA) is 272 Å². The van der Waals surface area contributed by atoms with Crippen LogP contribution in [0.3, 0.4) is 0 Å². The Kier molecular flexibility index (Phi) is 12.6. The van der Waals surface area contributed by atoms with Crippen LogP contribution in [-0.4, -0.2) is 139 Å². The first-order valence-corrected chi connectivity index (χ1v) is 14.7. The summed E-state index contributed by atoms with van der Waals surface area (Å²) in [7, 11) is 0. The van der Waals surface area contributed by atoms with Gasteiger partial charge in [0.15, 0.2) is 41.7 Å². The maximum atomic E-state index is 12.9. The Morgan fingerprint density at radius 3 is 2.10 bits per heavy atom. The van der Waals surface area contributed by atoms with E-state index < -0.39 is 92.3 Å². The number of aromatic hydroxyl groups is 4. The summed E-state index contributed by atoms with van der Waals surface area (Å²) >= 11 is 0. The Morgan fingerprint density at radius 2 is 1.46 bits per heavy atom. The minimum absolute atomic E-state index is 0.124. The maximum absolute atomic E-state index is 12.9. The maximum Gasteiger partial charge on any atom is 0.331 e. The smallest absolute Gasteiger partial charge is 0.331 e. The highest BCUT2D eigenvalue weighted by atomic mass is 16.7. The summed E-state index contributed by atoms with van der Waals surface area (Å²) in [5, 5.41) is 91.5. The van der Waals surface area contributed by atoms with Gasteiger partial charge in [0.1, 0.15) is 49.3 Å². The SMILES string of the molecule is CC(=O)OC[C@H]1O[C@@H](O[C@@H]2[C@@H](O)[C@H](OCCc3ccc(O)c(O)c3)O[C@H](CO)[C@H]2OC(=O)C=Cc2ccc(O)c(O)c2)[C@H](O)[C@@H](O)[C@@H]1O. The van der Waals surface area contributed by atoms with Gasteiger partial charge in [0.05, 0.1) is 13.2 Å². The highest BCUT2D eigenvalue weighted by molar-refractivity contribution is 5.87. The number of hydrogen-bond acceptors (Lipinski definition) is 17. The van der Waals surface area contributed by atoms with Crippen LogP contribution in [0.25, 0.3) is 6.08 Å². The zero-order chi connectivity index (χ0) is 35.1. The van der Waals surface area contributed by atoms with Crippen LogP contribution in [0.5, 0.6) is 23.0 Å². The average molecular weight is 683 g/mol. The first-order valence-electron chi connectivity index (χ1n) is 14.7. The molecule has 17 nitrogen and oxygen atoms in total. The molecule has 2 aromatic carbocycles. The zero-order valence-electron chi connectivity index (χ0n) is 25.5. The van der Waals surface area contributed by atoms with Gasteiger partial charge in [-0.1, -0.05) is 12.1 Å². The molecule has 0 aromatic heterocycles. The fourth-order valence-electron chi connectivity index (χ4n) is 5.00. The van der Waals surface area contributed by atoms with Crippen molar-refractivity contribution < 1.29 is 84.0 Å². The summed E-state index contributed by atoms with van der Waals surface area (Å²) < 4.78 is 33.2. The number of aliphatic hydroxyl groups excluding tert-OH is 5. The third kappa shape index (κ3) is 9.10. The molecule has 0 aliphatic carbocycles. The van der Waals surface area contributed by atoms with Crippen LogP contribution >= 0.6 is 0 Å². The molecule has 264 valence electrons. The van der Waals surface area contributed by atoms with Crippen molar-refractivity contribution in [3.63, 3.8) is 0 Å². The lowest BCUT2D eigenvalue weighted by Crippen LogP contribution is -2.65. The molecule has 10 atom stereocenters. The highest BCUT2D eigenvalue weighted by Crippen LogP contribution is 2.32. The first-order chi connectivity index (χ1) is 22.8. The van der Waals surface area contributed by atoms with Crippen molar-refractivity contribution in [3.05, 3.63) is 53.6 Å². The number of carbonyl (C=O) groups excluding carboxylic acids is 2. The summed E-state index contributed by atoms with van der Waals surface area (Å²) in [5.74, 6) is -3.27. The molecule has 2 aromatic rings. The third-order valence-corrected chi connectivity index (χ3v) is 7.58. The summed E-state index contributed by atoms with van der Waals surface area (Å²) in [4.78, 5) is 24.2. The molecule has 48 heavy (non-hydrogen) atoms. The Labute approximate surface area is 273 Å². The Bertz CT molecular complexity index is 1430. The number of hydrogen-bond donors (Lipinski definition) is 9. The molecule has 9 N–H and O–H groups in total. The fourth-order valence-corrected chi connectivity index (χ4v) is 5.00. The molecule has 2 aliphatic rings. The van der Waals surface area contributed by atoms with E-state index in [-0.39, 0.29) is 30.3 Å². The van der Waals surface area contributed by atoms with E-state index in [9.17, 15) is 55.5 Å². The zero-order valence-corrected chi connectivity index (χ0v) is 25.5. The molecule has 0 saturated carbocycles. The normalized spacial score (nSPS) is 30.6. The lowest BCUT2D eigenvalue weighted by atomic mass is 9.96. The standard InChI is InChI=1S/C31H38O17/c1-14(33)44-13-22-24(39)25(40)26(41)31(46-22)48-29-27(42)30(43-9-8-16-3-6-18(35)20(37)11-16)45-21(12-32)28(29)47-23(38)7-4-15-2-5-17(34)19(36)10-15/h2-7,10-11,21-22,24-32,34-37,39-42H,8-9,12-13H2,1H3/t21-,22-,24-,25+,26-,27-,28-,29-,30-,31+/m1/s1. The van der Waals surface area contributed by atoms with Crippen LogP contribution < -0.4 is 0 Å². The van der Waals surface area contributed by atoms with Gasteiger partial charge >= 0.3 is 11.9 Å². The number of phenolic OH excluding ortho intramolecular Hbond substituents is 4. The number of esters is 2. The molecule has 0 spiro atoms. The number of rotatable bonds is 12. The van der Waals surface area contributed by atoms with Gasteiger partial charge in [-0.25, -0.2) is 4.79 Å². The minimum atomic E-state index is -1.92. The molecule has 2 fully saturated rings. The second-order valence-corrected chi connectivity index (χ2v) is 11.1. The Balaban J connectivity index is 1.55. The molecule has 4 rings (SSSR count). The molecule has 17 heteroatoms. The lowest BCUT2D eigenvalue weighted by Gasteiger charge is -2.46. The predicted octanol–water partition coefficient (Wildman–Crippen LogP) is -1.47. The molecule has 2 heterocycles. The van der Waals surface area contributed by atoms with Crippen molar-refractivity contribution in [2.45, 2.75) is 74.8 Å². The summed E-state index contributed by atoms with van der Waals surface area (Å²) in [6.45, 7) is -0.355. The first kappa shape index (κ1) is 36.8. The van der Waals surface area contributed by atoms with Crippen molar-refractivity contribution in [3.8, 4) is 23.0 Å². The van der Waals surface area contributed by atoms with E-state index in [0.29, 0.717) is 11.1 Å². The molecule has 0 amide bonds. The van der Waals surface area contributed by atoms with Crippen molar-refractivity contribution in [2.24, 2.45) is 0 Å². The molecule has 0 radical (unpaired) electrons. The van der Waals surface area contributed by atoms with Crippen LogP contribution in [0, 0.1) is 0 Å². The van der Waals surface area contributed by atoms with Gasteiger partial charge in [-0.2, -0.15) is 0 Å². The van der Waals surface area contributed by atoms with Crippen molar-refractivity contribution in [1.29, 1.82) is 0 Å². The number of ether oxygens (including phenoxy) is 6. The predicted molar refractivity (Wildman–Crippen MR) is 158 cm³/mol. The average Bonchev–Trinajstić information content (AvgIpc) is 3.05. The molecular weight excluding hydrogens is 644 g/mol. The highest BCUT2D eigenvalue weighted by Gasteiger charge is 2.52. The number of aliphatic hydroxyl groups is 5. The second-order valence-electron chi connectivity index (χ2n) is 11.1. The van der Waals surface area contributed by atoms with Crippen LogP contribution in [0.4, 0.5) is 0 Å². The van der Waals surface area contributed by atoms with Crippen molar-refractivity contribution >= 4 is 18.0 Å². The summed E-state index contributed by atoms with van der Waals surface area (Å²) in [6, 6.07) is 7.85. The van der Waals surface area contributed by atoms with E-state index in [1.165, 1.54) is 42.5 Å². The van der Waals surface area contributed by atoms with Gasteiger partial charge < -0.3 is 74.4 Å². The molecule has 0 unspecified atom stereocenters. The number of phenols is 4. The third-order valence-electron chi connectivity index (χ3n) is 7.58. The van der Waals surface area contributed by atoms with Gasteiger partial charge in [-0.3, -0.25) is 4.79 Å². The number of carbonyl (C=O) groups is 2. The summed E-state index contributed by atoms with van der Waals surface area (Å²) in [6.07, 6.45) is -14.4. The van der Waals surface area contributed by atoms with Gasteiger partial charge in [0, 0.05) is 13.0 Å². The van der Waals surface area contributed by atoms with Gasteiger partial charge in [-0.15, -0.1) is 0 Å². The van der Waals surface area contributed by atoms with E-state index in [1.54, 1.807) is 0 Å². The van der Waals surface area contributed by atoms with Crippen molar-refractivity contribution in [2.75, 3.05) is 19.8 Å². The summed E-state index contributed by atoms with van der Waals surface area (Å²) in [5.41, 5.74) is 0.849. The minimum Gasteiger partial charge on any atom is -0.504 e. The molecule has 0 bridgehead atoms. The second kappa shape index (κ2) is 16.4. The Hall–Kier alpha value is -4.04. The Morgan fingerprint density at radius 1 is 0.792 bits per heavy atom. The largest absolute Gasteiger partial charge is 0.504 e. The van der Waals surface area contributed by atoms with Gasteiger partial charge in [-0.05, 0) is 47.9 Å². The van der Waals surface area contributed by atoms with Gasteiger partial charge in [0.2, 0.25) is 0 Å². The van der Waals surface area contributed by atoms with Gasteiger partial charge in [0.25, 0.3) is 0 Å². The van der Waals surface area contributed by atoms with Crippen LogP contribution in [0.15, 0.2) is 42.5 Å². The van der Waals surface area contributed by atoms with Crippen molar-refractivity contribution in [1.82, 2.24) is 0 Å². The number of benzene rings is 2. The fraction of sp³-hybridized carbons (Fsp3) is 0.484. The quantitative estimate of drug-likeness (QED) is 0.0702. The van der Waals surface area contributed by atoms with E-state index in [4.69, 9.17) is 28.4 Å². The van der Waals surface area contributed by atoms with E-state index >= 15 is 0 Å². The van der Waals surface area contributed by atoms with E-state index in [0.717, 1.165) is 13.0 Å². The van der Waals surface area contributed by atoms with E-state index in [1.807, 2.05) is 0 Å². The van der Waals surface area contributed by atoms with Crippen LogP contribution in [0.2, 0.25) is 0 Å². The lowest BCUT2D eigenvalue weighted by molar-refractivity contribution is -0.360. The molecule has 2 saturated heterocycles. The monoisotopic (exact) mass is 682 g/mol. The molecule has 2 aliphatic heterocycles. The van der Waals surface area contributed by atoms with E-state index in [2.05, 4.69) is 0 Å². The van der Waals surface area contributed by atoms with Crippen LogP contribution in [0.1, 0.15) is 18.1 Å².